The zero-order chi connectivity index (χ0) is 13.1. The van der Waals surface area contributed by atoms with Crippen molar-refractivity contribution in [2.45, 2.75) is 38.3 Å². The molecule has 5 nitrogen and oxygen atoms in total. The van der Waals surface area contributed by atoms with Crippen molar-refractivity contribution in [2.75, 3.05) is 26.2 Å². The fraction of sp³-hybridized carbons (Fsp3) is 0.923. The highest BCUT2D eigenvalue weighted by molar-refractivity contribution is 5.70. The van der Waals surface area contributed by atoms with E-state index < -0.39 is 5.97 Å². The lowest BCUT2D eigenvalue weighted by Gasteiger charge is -2.47. The zero-order valence-electron chi connectivity index (χ0n) is 11.0. The molecule has 0 spiro atoms. The van der Waals surface area contributed by atoms with Gasteiger partial charge < -0.3 is 15.5 Å². The first kappa shape index (κ1) is 13.8. The van der Waals surface area contributed by atoms with E-state index in [9.17, 15) is 9.90 Å². The quantitative estimate of drug-likeness (QED) is 0.652. The monoisotopic (exact) mass is 256 g/mol. The SMILES string of the molecule is CC1CCC1N1CC(NCCO)CC(C(=O)O)C1. The molecule has 1 saturated heterocycles. The van der Waals surface area contributed by atoms with Crippen molar-refractivity contribution in [1.29, 1.82) is 0 Å². The molecule has 1 aliphatic carbocycles. The van der Waals surface area contributed by atoms with Gasteiger partial charge in [-0.25, -0.2) is 0 Å². The van der Waals surface area contributed by atoms with Crippen molar-refractivity contribution in [3.8, 4) is 0 Å². The third-order valence-electron chi connectivity index (χ3n) is 4.42. The third-order valence-corrected chi connectivity index (χ3v) is 4.42. The van der Waals surface area contributed by atoms with Crippen molar-refractivity contribution >= 4 is 5.97 Å². The Hall–Kier alpha value is -0.650. The minimum absolute atomic E-state index is 0.105. The molecule has 0 aromatic carbocycles. The van der Waals surface area contributed by atoms with Crippen LogP contribution in [0.5, 0.6) is 0 Å². The highest BCUT2D eigenvalue weighted by Gasteiger charge is 2.39. The minimum Gasteiger partial charge on any atom is -0.481 e. The Labute approximate surface area is 108 Å². The van der Waals surface area contributed by atoms with Crippen LogP contribution in [0.2, 0.25) is 0 Å². The molecule has 1 saturated carbocycles. The number of carboxylic acid groups (broad SMARTS) is 1. The van der Waals surface area contributed by atoms with E-state index in [0.717, 1.165) is 6.54 Å². The van der Waals surface area contributed by atoms with Crippen molar-refractivity contribution in [3.63, 3.8) is 0 Å². The molecule has 2 aliphatic rings. The van der Waals surface area contributed by atoms with E-state index in [2.05, 4.69) is 17.1 Å². The van der Waals surface area contributed by atoms with Gasteiger partial charge in [0, 0.05) is 31.7 Å². The Balaban J connectivity index is 1.95. The second kappa shape index (κ2) is 5.99. The Bertz CT molecular complexity index is 298. The Morgan fingerprint density at radius 1 is 1.39 bits per heavy atom. The van der Waals surface area contributed by atoms with Gasteiger partial charge in [-0.15, -0.1) is 0 Å². The topological polar surface area (TPSA) is 72.8 Å². The fourth-order valence-electron chi connectivity index (χ4n) is 3.19. The smallest absolute Gasteiger partial charge is 0.307 e. The van der Waals surface area contributed by atoms with E-state index in [-0.39, 0.29) is 18.6 Å². The summed E-state index contributed by atoms with van der Waals surface area (Å²) in [5, 5.41) is 21.3. The summed E-state index contributed by atoms with van der Waals surface area (Å²) in [6, 6.07) is 0.755. The first-order valence-electron chi connectivity index (χ1n) is 6.93. The molecule has 2 rings (SSSR count). The number of nitrogens with one attached hydrogen (secondary N) is 1. The van der Waals surface area contributed by atoms with Gasteiger partial charge in [-0.3, -0.25) is 9.69 Å². The molecule has 5 heteroatoms. The van der Waals surface area contributed by atoms with Gasteiger partial charge in [0.1, 0.15) is 0 Å². The maximum atomic E-state index is 11.2. The van der Waals surface area contributed by atoms with E-state index in [1.54, 1.807) is 0 Å². The second-order valence-corrected chi connectivity index (χ2v) is 5.72. The molecule has 2 fully saturated rings. The summed E-state index contributed by atoms with van der Waals surface area (Å²) < 4.78 is 0. The molecular formula is C13H24N2O3. The summed E-state index contributed by atoms with van der Waals surface area (Å²) in [4.78, 5) is 13.6. The predicted molar refractivity (Wildman–Crippen MR) is 68.4 cm³/mol. The van der Waals surface area contributed by atoms with Crippen LogP contribution in [0.3, 0.4) is 0 Å². The Kier molecular flexibility index (Phi) is 4.59. The number of aliphatic hydroxyl groups excluding tert-OH is 1. The lowest BCUT2D eigenvalue weighted by molar-refractivity contribution is -0.145. The van der Waals surface area contributed by atoms with E-state index in [0.29, 0.717) is 31.5 Å². The molecule has 0 radical (unpaired) electrons. The molecule has 104 valence electrons. The molecule has 0 amide bonds. The van der Waals surface area contributed by atoms with Crippen LogP contribution in [-0.4, -0.2) is 59.4 Å². The van der Waals surface area contributed by atoms with Crippen LogP contribution in [0.25, 0.3) is 0 Å². The lowest BCUT2D eigenvalue weighted by Crippen LogP contribution is -2.57. The van der Waals surface area contributed by atoms with E-state index in [1.165, 1.54) is 12.8 Å². The molecule has 18 heavy (non-hydrogen) atoms. The van der Waals surface area contributed by atoms with Gasteiger partial charge in [0.25, 0.3) is 0 Å². The lowest BCUT2D eigenvalue weighted by atomic mass is 9.78. The normalized spacial score (nSPS) is 37.2. The number of hydrogen-bond donors (Lipinski definition) is 3. The average molecular weight is 256 g/mol. The van der Waals surface area contributed by atoms with Crippen LogP contribution < -0.4 is 5.32 Å². The summed E-state index contributed by atoms with van der Waals surface area (Å²) in [6.45, 7) is 4.49. The highest BCUT2D eigenvalue weighted by atomic mass is 16.4. The summed E-state index contributed by atoms with van der Waals surface area (Å²) in [5.41, 5.74) is 0. The maximum absolute atomic E-state index is 11.2. The molecular weight excluding hydrogens is 232 g/mol. The number of rotatable bonds is 5. The maximum Gasteiger partial charge on any atom is 0.307 e. The largest absolute Gasteiger partial charge is 0.481 e. The van der Waals surface area contributed by atoms with Gasteiger partial charge in [-0.05, 0) is 25.2 Å². The minimum atomic E-state index is -0.692. The molecule has 4 atom stereocenters. The molecule has 0 aromatic heterocycles. The van der Waals surface area contributed by atoms with E-state index in [1.807, 2.05) is 0 Å². The first-order valence-corrected chi connectivity index (χ1v) is 6.93. The zero-order valence-corrected chi connectivity index (χ0v) is 11.0. The number of nitrogens with zero attached hydrogens (tertiary/aromatic N) is 1. The van der Waals surface area contributed by atoms with Crippen LogP contribution in [0, 0.1) is 11.8 Å². The van der Waals surface area contributed by atoms with E-state index >= 15 is 0 Å². The standard InChI is InChI=1S/C13H24N2O3/c1-9-2-3-12(9)15-7-10(13(17)18)6-11(8-15)14-4-5-16/h9-12,14,16H,2-8H2,1H3,(H,17,18). The van der Waals surface area contributed by atoms with E-state index in [4.69, 9.17) is 5.11 Å². The van der Waals surface area contributed by atoms with Crippen LogP contribution in [0.1, 0.15) is 26.2 Å². The summed E-state index contributed by atoms with van der Waals surface area (Å²) >= 11 is 0. The van der Waals surface area contributed by atoms with Crippen molar-refractivity contribution in [3.05, 3.63) is 0 Å². The number of aliphatic carboxylic acids is 1. The molecule has 1 aliphatic heterocycles. The predicted octanol–water partition coefficient (Wildman–Crippen LogP) is 0.142. The number of piperidine rings is 1. The van der Waals surface area contributed by atoms with Gasteiger partial charge in [-0.2, -0.15) is 0 Å². The Morgan fingerprint density at radius 3 is 2.67 bits per heavy atom. The van der Waals surface area contributed by atoms with Crippen LogP contribution in [0.15, 0.2) is 0 Å². The summed E-state index contributed by atoms with van der Waals surface area (Å²) in [6.07, 6.45) is 3.13. The van der Waals surface area contributed by atoms with Crippen LogP contribution in [0.4, 0.5) is 0 Å². The van der Waals surface area contributed by atoms with Crippen LogP contribution in [-0.2, 0) is 4.79 Å². The molecule has 3 N–H and O–H groups in total. The van der Waals surface area contributed by atoms with Gasteiger partial charge in [0.2, 0.25) is 0 Å². The number of likely N-dealkylation sites (tertiary alicyclic amines) is 1. The highest BCUT2D eigenvalue weighted by Crippen LogP contribution is 2.34. The molecule has 0 bridgehead atoms. The van der Waals surface area contributed by atoms with Gasteiger partial charge in [-0.1, -0.05) is 6.92 Å². The third kappa shape index (κ3) is 3.02. The van der Waals surface area contributed by atoms with Crippen molar-refractivity contribution in [1.82, 2.24) is 10.2 Å². The average Bonchev–Trinajstić information content (AvgIpc) is 2.34. The molecule has 1 heterocycles. The first-order chi connectivity index (χ1) is 8.61. The van der Waals surface area contributed by atoms with Crippen molar-refractivity contribution < 1.29 is 15.0 Å². The van der Waals surface area contributed by atoms with Gasteiger partial charge in [0.15, 0.2) is 0 Å². The number of hydrogen-bond acceptors (Lipinski definition) is 4. The van der Waals surface area contributed by atoms with Gasteiger partial charge in [0.05, 0.1) is 12.5 Å². The van der Waals surface area contributed by atoms with Gasteiger partial charge >= 0.3 is 5.97 Å². The molecule has 0 aromatic rings. The fourth-order valence-corrected chi connectivity index (χ4v) is 3.19. The second-order valence-electron chi connectivity index (χ2n) is 5.72. The van der Waals surface area contributed by atoms with Crippen molar-refractivity contribution in [2.24, 2.45) is 11.8 Å². The van der Waals surface area contributed by atoms with Crippen LogP contribution >= 0.6 is 0 Å². The molecule has 4 unspecified atom stereocenters. The summed E-state index contributed by atoms with van der Waals surface area (Å²) in [7, 11) is 0. The number of carboxylic acids is 1. The summed E-state index contributed by atoms with van der Waals surface area (Å²) in [5.74, 6) is -0.277. The Morgan fingerprint density at radius 2 is 2.17 bits per heavy atom. The number of carbonyl (C=O) groups is 1. The number of aliphatic hydroxyl groups is 1.